The summed E-state index contributed by atoms with van der Waals surface area (Å²) < 4.78 is 13.8. The van der Waals surface area contributed by atoms with E-state index in [1.807, 2.05) is 19.1 Å². The van der Waals surface area contributed by atoms with Crippen molar-refractivity contribution in [2.45, 2.75) is 20.3 Å². The van der Waals surface area contributed by atoms with E-state index in [0.29, 0.717) is 12.0 Å². The van der Waals surface area contributed by atoms with Gasteiger partial charge in [-0.2, -0.15) is 0 Å². The van der Waals surface area contributed by atoms with Gasteiger partial charge in [0.25, 0.3) is 5.56 Å². The van der Waals surface area contributed by atoms with Gasteiger partial charge in [-0.25, -0.2) is 4.39 Å². The van der Waals surface area contributed by atoms with Gasteiger partial charge in [-0.1, -0.05) is 11.6 Å². The number of nitrogens with zero attached hydrogens (tertiary/aromatic N) is 1. The van der Waals surface area contributed by atoms with Crippen molar-refractivity contribution in [3.8, 4) is 22.4 Å². The Labute approximate surface area is 143 Å². The molecule has 5 heteroatoms. The molecule has 4 rings (SSSR count). The van der Waals surface area contributed by atoms with Crippen LogP contribution in [0.4, 0.5) is 4.39 Å². The van der Waals surface area contributed by atoms with Crippen molar-refractivity contribution < 1.29 is 4.39 Å². The third-order valence-corrected chi connectivity index (χ3v) is 4.82. The van der Waals surface area contributed by atoms with Crippen molar-refractivity contribution in [1.82, 2.24) is 9.97 Å². The molecule has 3 aromatic rings. The molecule has 0 saturated carbocycles. The normalized spacial score (nSPS) is 12.2. The number of pyridine rings is 2. The highest BCUT2D eigenvalue weighted by Crippen LogP contribution is 2.42. The van der Waals surface area contributed by atoms with E-state index in [2.05, 4.69) is 9.97 Å². The van der Waals surface area contributed by atoms with Crippen LogP contribution >= 0.6 is 11.6 Å². The lowest BCUT2D eigenvalue weighted by Gasteiger charge is -2.12. The molecule has 0 atom stereocenters. The number of rotatable bonds is 1. The second-order valence-electron chi connectivity index (χ2n) is 6.09. The fourth-order valence-electron chi connectivity index (χ4n) is 3.40. The highest BCUT2D eigenvalue weighted by Gasteiger charge is 2.26. The van der Waals surface area contributed by atoms with E-state index >= 15 is 0 Å². The Balaban J connectivity index is 2.04. The number of aromatic amines is 1. The number of hydrogen-bond acceptors (Lipinski definition) is 2. The standard InChI is InChI=1S/C19H14ClFN2O/c1-9-5-11(3-4-22-9)17-10(2)19(24)23-18-13-8-15(20)16(21)7-12(13)6-14(17)18/h3-5,7-8H,6H2,1-2H3,(H,23,24). The van der Waals surface area contributed by atoms with Crippen LogP contribution in [0.2, 0.25) is 5.02 Å². The zero-order chi connectivity index (χ0) is 17.0. The number of aryl methyl sites for hydroxylation is 1. The minimum Gasteiger partial charge on any atom is -0.321 e. The molecule has 0 aliphatic heterocycles. The topological polar surface area (TPSA) is 45.8 Å². The summed E-state index contributed by atoms with van der Waals surface area (Å²) in [4.78, 5) is 19.6. The Morgan fingerprint density at radius 2 is 2.04 bits per heavy atom. The molecule has 0 saturated heterocycles. The molecule has 0 spiro atoms. The monoisotopic (exact) mass is 340 g/mol. The van der Waals surface area contributed by atoms with Gasteiger partial charge in [-0.05, 0) is 60.4 Å². The SMILES string of the molecule is Cc1cc(-c2c3c([nH]c(=O)c2C)-c2cc(Cl)c(F)cc2C3)ccn1. The van der Waals surface area contributed by atoms with Gasteiger partial charge in [0.1, 0.15) is 5.82 Å². The molecule has 0 bridgehead atoms. The molecule has 0 fully saturated rings. The quantitative estimate of drug-likeness (QED) is 0.557. The van der Waals surface area contributed by atoms with Gasteiger partial charge in [0.2, 0.25) is 0 Å². The van der Waals surface area contributed by atoms with Gasteiger partial charge in [0.15, 0.2) is 0 Å². The number of fused-ring (bicyclic) bond motifs is 3. The molecular formula is C19H14ClFN2O. The molecule has 1 aliphatic rings. The van der Waals surface area contributed by atoms with Crippen molar-refractivity contribution >= 4 is 11.6 Å². The summed E-state index contributed by atoms with van der Waals surface area (Å²) in [6.45, 7) is 3.72. The van der Waals surface area contributed by atoms with Crippen LogP contribution in [0.15, 0.2) is 35.3 Å². The third-order valence-electron chi connectivity index (χ3n) is 4.53. The first-order chi connectivity index (χ1) is 11.5. The van der Waals surface area contributed by atoms with Gasteiger partial charge in [-0.3, -0.25) is 9.78 Å². The highest BCUT2D eigenvalue weighted by atomic mass is 35.5. The van der Waals surface area contributed by atoms with Crippen LogP contribution in [-0.2, 0) is 6.42 Å². The van der Waals surface area contributed by atoms with E-state index < -0.39 is 5.82 Å². The lowest BCUT2D eigenvalue weighted by Crippen LogP contribution is -2.13. The molecule has 1 aliphatic carbocycles. The Bertz CT molecular complexity index is 1060. The van der Waals surface area contributed by atoms with E-state index in [9.17, 15) is 9.18 Å². The number of nitrogens with one attached hydrogen (secondary N) is 1. The average molecular weight is 341 g/mol. The molecule has 0 amide bonds. The summed E-state index contributed by atoms with van der Waals surface area (Å²) in [6, 6.07) is 6.89. The summed E-state index contributed by atoms with van der Waals surface area (Å²) in [7, 11) is 0. The van der Waals surface area contributed by atoms with Crippen molar-refractivity contribution in [2.24, 2.45) is 0 Å². The zero-order valence-corrected chi connectivity index (χ0v) is 14.0. The average Bonchev–Trinajstić information content (AvgIpc) is 2.86. The first kappa shape index (κ1) is 15.1. The van der Waals surface area contributed by atoms with Crippen LogP contribution in [-0.4, -0.2) is 9.97 Å². The largest absolute Gasteiger partial charge is 0.321 e. The lowest BCUT2D eigenvalue weighted by atomic mass is 9.95. The molecule has 0 unspecified atom stereocenters. The van der Waals surface area contributed by atoms with E-state index in [0.717, 1.165) is 39.2 Å². The lowest BCUT2D eigenvalue weighted by molar-refractivity contribution is 0.627. The van der Waals surface area contributed by atoms with Gasteiger partial charge in [0, 0.05) is 29.4 Å². The van der Waals surface area contributed by atoms with Crippen LogP contribution in [0.5, 0.6) is 0 Å². The van der Waals surface area contributed by atoms with Gasteiger partial charge >= 0.3 is 0 Å². The minimum absolute atomic E-state index is 0.0596. The molecule has 1 aromatic carbocycles. The van der Waals surface area contributed by atoms with Gasteiger partial charge in [-0.15, -0.1) is 0 Å². The highest BCUT2D eigenvalue weighted by molar-refractivity contribution is 6.31. The van der Waals surface area contributed by atoms with Crippen LogP contribution in [0, 0.1) is 19.7 Å². The molecular weight excluding hydrogens is 327 g/mol. The maximum Gasteiger partial charge on any atom is 0.251 e. The molecule has 1 N–H and O–H groups in total. The number of benzene rings is 1. The number of H-pyrrole nitrogens is 1. The Hall–Kier alpha value is -2.46. The van der Waals surface area contributed by atoms with Crippen molar-refractivity contribution in [3.05, 3.63) is 74.0 Å². The maximum absolute atomic E-state index is 13.8. The number of aromatic nitrogens is 2. The minimum atomic E-state index is -0.441. The van der Waals surface area contributed by atoms with Crippen molar-refractivity contribution in [1.29, 1.82) is 0 Å². The van der Waals surface area contributed by atoms with Crippen LogP contribution in [0.25, 0.3) is 22.4 Å². The van der Waals surface area contributed by atoms with Crippen LogP contribution in [0.1, 0.15) is 22.4 Å². The first-order valence-electron chi connectivity index (χ1n) is 7.63. The summed E-state index contributed by atoms with van der Waals surface area (Å²) in [6.07, 6.45) is 2.30. The number of hydrogen-bond donors (Lipinski definition) is 1. The maximum atomic E-state index is 13.8. The van der Waals surface area contributed by atoms with E-state index in [1.165, 1.54) is 6.07 Å². The zero-order valence-electron chi connectivity index (χ0n) is 13.2. The molecule has 0 radical (unpaired) electrons. The Morgan fingerprint density at radius 1 is 1.25 bits per heavy atom. The first-order valence-corrected chi connectivity index (χ1v) is 8.00. The van der Waals surface area contributed by atoms with Crippen molar-refractivity contribution in [2.75, 3.05) is 0 Å². The summed E-state index contributed by atoms with van der Waals surface area (Å²) in [5.74, 6) is -0.441. The molecule has 3 nitrogen and oxygen atoms in total. The molecule has 120 valence electrons. The second-order valence-corrected chi connectivity index (χ2v) is 6.50. The van der Waals surface area contributed by atoms with Gasteiger partial charge < -0.3 is 4.98 Å². The molecule has 2 heterocycles. The van der Waals surface area contributed by atoms with E-state index in [1.54, 1.807) is 19.2 Å². The fourth-order valence-corrected chi connectivity index (χ4v) is 3.57. The van der Waals surface area contributed by atoms with Gasteiger partial charge in [0.05, 0.1) is 10.7 Å². The van der Waals surface area contributed by atoms with Crippen molar-refractivity contribution in [3.63, 3.8) is 0 Å². The Kier molecular flexibility index (Phi) is 3.32. The third kappa shape index (κ3) is 2.18. The second kappa shape index (κ2) is 5.28. The van der Waals surface area contributed by atoms with Crippen LogP contribution in [0.3, 0.4) is 0 Å². The predicted octanol–water partition coefficient (Wildman–Crippen LogP) is 4.42. The van der Waals surface area contributed by atoms with E-state index in [-0.39, 0.29) is 10.6 Å². The summed E-state index contributed by atoms with van der Waals surface area (Å²) in [5.41, 5.74) is 6.58. The number of halogens is 2. The molecule has 2 aromatic heterocycles. The smallest absolute Gasteiger partial charge is 0.251 e. The summed E-state index contributed by atoms with van der Waals surface area (Å²) in [5, 5.41) is 0.0596. The Morgan fingerprint density at radius 3 is 2.79 bits per heavy atom. The predicted molar refractivity (Wildman–Crippen MR) is 93.0 cm³/mol. The van der Waals surface area contributed by atoms with Crippen LogP contribution < -0.4 is 5.56 Å². The molecule has 24 heavy (non-hydrogen) atoms. The van der Waals surface area contributed by atoms with E-state index in [4.69, 9.17) is 11.6 Å². The fraction of sp³-hybridized carbons (Fsp3) is 0.158. The summed E-state index contributed by atoms with van der Waals surface area (Å²) >= 11 is 5.93.